The van der Waals surface area contributed by atoms with Gasteiger partial charge in [-0.25, -0.2) is 0 Å². The second kappa shape index (κ2) is 5.55. The molecule has 0 bridgehead atoms. The van der Waals surface area contributed by atoms with Gasteiger partial charge in [0.15, 0.2) is 0 Å². The average molecular weight is 265 g/mol. The summed E-state index contributed by atoms with van der Waals surface area (Å²) in [5.74, 6) is 2.33. The van der Waals surface area contributed by atoms with E-state index in [4.69, 9.17) is 0 Å². The van der Waals surface area contributed by atoms with Crippen LogP contribution in [0.1, 0.15) is 60.3 Å². The van der Waals surface area contributed by atoms with E-state index < -0.39 is 0 Å². The summed E-state index contributed by atoms with van der Waals surface area (Å²) in [6.07, 6.45) is 4.32. The fraction of sp³-hybridized carbons (Fsp3) is 0.941. The van der Waals surface area contributed by atoms with E-state index in [0.717, 1.165) is 31.7 Å². The molecule has 2 fully saturated rings. The summed E-state index contributed by atoms with van der Waals surface area (Å²) in [7, 11) is 0. The monoisotopic (exact) mass is 265 g/mol. The fourth-order valence-electron chi connectivity index (χ4n) is 4.00. The zero-order chi connectivity index (χ0) is 14.2. The quantitative estimate of drug-likeness (QED) is 0.758. The fourth-order valence-corrected chi connectivity index (χ4v) is 4.00. The van der Waals surface area contributed by atoms with Crippen LogP contribution in [0.25, 0.3) is 0 Å². The minimum Gasteiger partial charge on any atom is -0.300 e. The highest BCUT2D eigenvalue weighted by atomic mass is 16.1. The van der Waals surface area contributed by atoms with Crippen LogP contribution in [0.3, 0.4) is 0 Å². The molecule has 0 aromatic rings. The molecule has 0 amide bonds. The van der Waals surface area contributed by atoms with Gasteiger partial charge in [-0.1, -0.05) is 27.7 Å². The number of likely N-dealkylation sites (tertiary alicyclic amines) is 1. The van der Waals surface area contributed by atoms with Crippen molar-refractivity contribution in [2.45, 2.75) is 66.3 Å². The van der Waals surface area contributed by atoms with Crippen LogP contribution < -0.4 is 0 Å². The first kappa shape index (κ1) is 15.0. The average Bonchev–Trinajstić information content (AvgIpc) is 2.59. The Balaban J connectivity index is 1.96. The van der Waals surface area contributed by atoms with Crippen molar-refractivity contribution in [2.24, 2.45) is 23.2 Å². The third-order valence-corrected chi connectivity index (χ3v) is 5.36. The van der Waals surface area contributed by atoms with E-state index in [0.29, 0.717) is 29.1 Å². The molecule has 1 heterocycles. The van der Waals surface area contributed by atoms with Crippen LogP contribution in [-0.4, -0.2) is 29.8 Å². The van der Waals surface area contributed by atoms with Gasteiger partial charge in [0.1, 0.15) is 5.78 Å². The highest BCUT2D eigenvalue weighted by molar-refractivity contribution is 5.82. The zero-order valence-electron chi connectivity index (χ0n) is 13.4. The molecule has 0 spiro atoms. The van der Waals surface area contributed by atoms with Crippen LogP contribution >= 0.6 is 0 Å². The first-order valence-electron chi connectivity index (χ1n) is 8.04. The lowest BCUT2D eigenvalue weighted by molar-refractivity contribution is -0.127. The third-order valence-electron chi connectivity index (χ3n) is 5.36. The molecule has 2 aliphatic rings. The minimum atomic E-state index is 0.297. The van der Waals surface area contributed by atoms with E-state index in [1.54, 1.807) is 0 Å². The molecule has 1 saturated carbocycles. The van der Waals surface area contributed by atoms with Crippen LogP contribution in [0.2, 0.25) is 0 Å². The summed E-state index contributed by atoms with van der Waals surface area (Å²) < 4.78 is 0. The predicted octanol–water partition coefficient (Wildman–Crippen LogP) is 3.75. The van der Waals surface area contributed by atoms with Gasteiger partial charge in [0.2, 0.25) is 0 Å². The SMILES string of the molecule is CC1CC(C)N(CC2CC(C(C)(C)C)CCC2=O)C1. The summed E-state index contributed by atoms with van der Waals surface area (Å²) in [5.41, 5.74) is 0.350. The Morgan fingerprint density at radius 1 is 1.21 bits per heavy atom. The highest BCUT2D eigenvalue weighted by Gasteiger charge is 2.37. The van der Waals surface area contributed by atoms with Crippen molar-refractivity contribution in [1.29, 1.82) is 0 Å². The Bertz CT molecular complexity index is 331. The van der Waals surface area contributed by atoms with Gasteiger partial charge in [-0.15, -0.1) is 0 Å². The molecule has 19 heavy (non-hydrogen) atoms. The molecule has 2 heteroatoms. The second-order valence-electron chi connectivity index (χ2n) is 8.14. The van der Waals surface area contributed by atoms with Gasteiger partial charge in [0, 0.05) is 31.5 Å². The van der Waals surface area contributed by atoms with Gasteiger partial charge in [-0.3, -0.25) is 9.69 Å². The molecule has 0 aromatic carbocycles. The smallest absolute Gasteiger partial charge is 0.137 e. The van der Waals surface area contributed by atoms with Gasteiger partial charge >= 0.3 is 0 Å². The lowest BCUT2D eigenvalue weighted by Gasteiger charge is -2.38. The minimum absolute atomic E-state index is 0.297. The maximum Gasteiger partial charge on any atom is 0.137 e. The number of ketones is 1. The number of carbonyl (C=O) groups excluding carboxylic acids is 1. The lowest BCUT2D eigenvalue weighted by atomic mass is 9.68. The molecule has 0 aromatic heterocycles. The number of carbonyl (C=O) groups is 1. The van der Waals surface area contributed by atoms with Crippen LogP contribution in [0.4, 0.5) is 0 Å². The van der Waals surface area contributed by atoms with Crippen molar-refractivity contribution in [3.63, 3.8) is 0 Å². The Kier molecular flexibility index (Phi) is 4.39. The van der Waals surface area contributed by atoms with Crippen molar-refractivity contribution in [3.05, 3.63) is 0 Å². The lowest BCUT2D eigenvalue weighted by Crippen LogP contribution is -2.40. The Labute approximate surface area is 118 Å². The predicted molar refractivity (Wildman–Crippen MR) is 80.1 cm³/mol. The molecule has 1 aliphatic carbocycles. The Hall–Kier alpha value is -0.370. The summed E-state index contributed by atoms with van der Waals surface area (Å²) in [4.78, 5) is 14.8. The zero-order valence-corrected chi connectivity index (χ0v) is 13.4. The molecule has 0 N–H and O–H groups in total. The number of rotatable bonds is 2. The normalized spacial score (nSPS) is 37.8. The first-order valence-corrected chi connectivity index (χ1v) is 8.04. The topological polar surface area (TPSA) is 20.3 Å². The van der Waals surface area contributed by atoms with Gasteiger partial charge < -0.3 is 0 Å². The molecule has 0 radical (unpaired) electrons. The summed E-state index contributed by atoms with van der Waals surface area (Å²) in [6.45, 7) is 13.8. The van der Waals surface area contributed by atoms with Gasteiger partial charge in [-0.05, 0) is 43.4 Å². The molecule has 4 atom stereocenters. The van der Waals surface area contributed by atoms with Crippen molar-refractivity contribution in [1.82, 2.24) is 4.90 Å². The molecular formula is C17H31NO. The number of nitrogens with zero attached hydrogens (tertiary/aromatic N) is 1. The number of hydrogen-bond donors (Lipinski definition) is 0. The van der Waals surface area contributed by atoms with Gasteiger partial charge in [0.05, 0.1) is 0 Å². The maximum atomic E-state index is 12.2. The standard InChI is InChI=1S/C17H31NO/c1-12-8-13(2)18(10-12)11-14-9-15(17(3,4)5)6-7-16(14)19/h12-15H,6-11H2,1-5H3. The number of hydrogen-bond acceptors (Lipinski definition) is 2. The summed E-state index contributed by atoms with van der Waals surface area (Å²) in [6, 6.07) is 0.665. The molecule has 2 nitrogen and oxygen atoms in total. The molecule has 1 aliphatic heterocycles. The highest BCUT2D eigenvalue weighted by Crippen LogP contribution is 2.39. The van der Waals surface area contributed by atoms with E-state index in [-0.39, 0.29) is 0 Å². The molecule has 110 valence electrons. The van der Waals surface area contributed by atoms with Crippen LogP contribution in [-0.2, 0) is 4.79 Å². The van der Waals surface area contributed by atoms with Crippen molar-refractivity contribution in [3.8, 4) is 0 Å². The van der Waals surface area contributed by atoms with E-state index in [1.165, 1.54) is 13.0 Å². The van der Waals surface area contributed by atoms with Crippen LogP contribution in [0.15, 0.2) is 0 Å². The Morgan fingerprint density at radius 2 is 1.89 bits per heavy atom. The molecular weight excluding hydrogens is 234 g/mol. The van der Waals surface area contributed by atoms with E-state index in [1.807, 2.05) is 0 Å². The van der Waals surface area contributed by atoms with Crippen LogP contribution in [0, 0.1) is 23.2 Å². The molecule has 1 saturated heterocycles. The van der Waals surface area contributed by atoms with E-state index >= 15 is 0 Å². The summed E-state index contributed by atoms with van der Waals surface area (Å²) >= 11 is 0. The summed E-state index contributed by atoms with van der Waals surface area (Å²) in [5, 5.41) is 0. The third kappa shape index (κ3) is 3.59. The second-order valence-corrected chi connectivity index (χ2v) is 8.14. The maximum absolute atomic E-state index is 12.2. The van der Waals surface area contributed by atoms with Crippen molar-refractivity contribution >= 4 is 5.78 Å². The van der Waals surface area contributed by atoms with E-state index in [2.05, 4.69) is 39.5 Å². The van der Waals surface area contributed by atoms with E-state index in [9.17, 15) is 4.79 Å². The van der Waals surface area contributed by atoms with Crippen molar-refractivity contribution in [2.75, 3.05) is 13.1 Å². The van der Waals surface area contributed by atoms with Crippen molar-refractivity contribution < 1.29 is 4.79 Å². The van der Waals surface area contributed by atoms with Gasteiger partial charge in [-0.2, -0.15) is 0 Å². The molecule has 4 unspecified atom stereocenters. The molecule has 2 rings (SSSR count). The van der Waals surface area contributed by atoms with Crippen LogP contribution in [0.5, 0.6) is 0 Å². The largest absolute Gasteiger partial charge is 0.300 e. The number of Topliss-reactive ketones (excluding diaryl/α,β-unsaturated/α-hetero) is 1. The van der Waals surface area contributed by atoms with Gasteiger partial charge in [0.25, 0.3) is 0 Å². The first-order chi connectivity index (χ1) is 8.77. The Morgan fingerprint density at radius 3 is 2.42 bits per heavy atom.